The molecule has 31 heavy (non-hydrogen) atoms. The van der Waals surface area contributed by atoms with Crippen LogP contribution in [-0.2, 0) is 25.4 Å². The van der Waals surface area contributed by atoms with E-state index in [1.807, 2.05) is 12.1 Å². The van der Waals surface area contributed by atoms with Gasteiger partial charge >= 0.3 is 5.69 Å². The van der Waals surface area contributed by atoms with Gasteiger partial charge in [0, 0.05) is 30.7 Å². The van der Waals surface area contributed by atoms with Gasteiger partial charge < -0.3 is 9.88 Å². The number of nitrogens with zero attached hydrogens (tertiary/aromatic N) is 5. The Hall–Kier alpha value is -2.89. The highest BCUT2D eigenvalue weighted by Crippen LogP contribution is 2.24. The maximum Gasteiger partial charge on any atom is 0.332 e. The van der Waals surface area contributed by atoms with Crippen LogP contribution in [0, 0.1) is 0 Å². The largest absolute Gasteiger partial charge is 0.332 e. The summed E-state index contributed by atoms with van der Waals surface area (Å²) in [5, 5.41) is 6.06. The number of nitrogens with one attached hydrogen (secondary N) is 1. The molecule has 0 aliphatic heterocycles. The lowest BCUT2D eigenvalue weighted by molar-refractivity contribution is -0.113. The summed E-state index contributed by atoms with van der Waals surface area (Å²) in [4.78, 5) is 46.1. The summed E-state index contributed by atoms with van der Waals surface area (Å²) < 4.78 is 4.10. The van der Waals surface area contributed by atoms with Crippen LogP contribution < -0.4 is 16.6 Å². The Kier molecular flexibility index (Phi) is 5.99. The minimum atomic E-state index is -0.466. The van der Waals surface area contributed by atoms with Crippen molar-refractivity contribution in [1.29, 1.82) is 0 Å². The van der Waals surface area contributed by atoms with Crippen molar-refractivity contribution in [2.45, 2.75) is 11.7 Å². The van der Waals surface area contributed by atoms with Gasteiger partial charge in [0.15, 0.2) is 21.5 Å². The molecule has 9 nitrogen and oxygen atoms in total. The molecule has 0 radical (unpaired) electrons. The van der Waals surface area contributed by atoms with Crippen LogP contribution in [0.1, 0.15) is 5.56 Å². The first-order valence-electron chi connectivity index (χ1n) is 9.08. The number of anilines is 1. The predicted molar refractivity (Wildman–Crippen MR) is 122 cm³/mol. The molecule has 4 rings (SSSR count). The highest BCUT2D eigenvalue weighted by Gasteiger charge is 2.20. The molecule has 1 N–H and O–H groups in total. The molecule has 0 aliphatic carbocycles. The molecular weight excluding hydrogens is 460 g/mol. The SMILES string of the molecule is Cn1c(=O)c2c(nc(SCC(=O)Nc3nccs3)n2Cc2ccc(Cl)cc2)n(C)c1=O. The molecule has 0 saturated carbocycles. The first kappa shape index (κ1) is 21.3. The van der Waals surface area contributed by atoms with Crippen LogP contribution in [0.2, 0.25) is 5.02 Å². The summed E-state index contributed by atoms with van der Waals surface area (Å²) >= 11 is 8.49. The van der Waals surface area contributed by atoms with Gasteiger partial charge in [-0.1, -0.05) is 35.5 Å². The third kappa shape index (κ3) is 4.29. The van der Waals surface area contributed by atoms with Gasteiger partial charge in [0.2, 0.25) is 5.91 Å². The van der Waals surface area contributed by atoms with E-state index in [-0.39, 0.29) is 17.3 Å². The number of thioether (sulfide) groups is 1. The van der Waals surface area contributed by atoms with E-state index in [2.05, 4.69) is 15.3 Å². The minimum Gasteiger partial charge on any atom is -0.309 e. The van der Waals surface area contributed by atoms with Crippen molar-refractivity contribution >= 4 is 56.9 Å². The van der Waals surface area contributed by atoms with Crippen molar-refractivity contribution in [2.24, 2.45) is 14.1 Å². The van der Waals surface area contributed by atoms with Gasteiger partial charge in [0.1, 0.15) is 0 Å². The molecule has 1 amide bonds. The smallest absolute Gasteiger partial charge is 0.309 e. The van der Waals surface area contributed by atoms with E-state index in [0.29, 0.717) is 27.4 Å². The average molecular weight is 477 g/mol. The lowest BCUT2D eigenvalue weighted by Crippen LogP contribution is -2.37. The number of rotatable bonds is 6. The molecule has 4 aromatic rings. The minimum absolute atomic E-state index is 0.0672. The standard InChI is InChI=1S/C19H17ClN6O3S2/c1-24-15-14(16(28)25(2)19(24)29)26(9-11-3-5-12(20)6-4-11)18(23-15)31-10-13(27)22-17-21-7-8-30-17/h3-8H,9-10H2,1-2H3,(H,21,22,27). The maximum atomic E-state index is 12.9. The van der Waals surface area contributed by atoms with Crippen LogP contribution in [0.25, 0.3) is 11.2 Å². The second kappa shape index (κ2) is 8.69. The van der Waals surface area contributed by atoms with E-state index >= 15 is 0 Å². The first-order valence-corrected chi connectivity index (χ1v) is 11.3. The van der Waals surface area contributed by atoms with Gasteiger partial charge in [-0.3, -0.25) is 18.7 Å². The Balaban J connectivity index is 1.74. The quantitative estimate of drug-likeness (QED) is 0.428. The van der Waals surface area contributed by atoms with Gasteiger partial charge in [-0.2, -0.15) is 0 Å². The van der Waals surface area contributed by atoms with E-state index in [4.69, 9.17) is 11.6 Å². The Bertz CT molecular complexity index is 1370. The number of aromatic nitrogens is 5. The molecule has 0 bridgehead atoms. The van der Waals surface area contributed by atoms with Crippen molar-refractivity contribution in [3.8, 4) is 0 Å². The molecule has 0 atom stereocenters. The topological polar surface area (TPSA) is 104 Å². The van der Waals surface area contributed by atoms with Crippen LogP contribution >= 0.6 is 34.7 Å². The molecule has 0 unspecified atom stereocenters. The van der Waals surface area contributed by atoms with Gasteiger partial charge in [0.05, 0.1) is 12.3 Å². The molecule has 0 saturated heterocycles. The van der Waals surface area contributed by atoms with Gasteiger partial charge in [-0.15, -0.1) is 11.3 Å². The van der Waals surface area contributed by atoms with Crippen molar-refractivity contribution in [3.63, 3.8) is 0 Å². The van der Waals surface area contributed by atoms with Crippen LogP contribution in [0.5, 0.6) is 0 Å². The number of hydrogen-bond donors (Lipinski definition) is 1. The number of imidazole rings is 1. The molecule has 3 aromatic heterocycles. The second-order valence-corrected chi connectivity index (χ2v) is 8.93. The summed E-state index contributed by atoms with van der Waals surface area (Å²) in [7, 11) is 2.99. The van der Waals surface area contributed by atoms with Crippen molar-refractivity contribution in [1.82, 2.24) is 23.7 Å². The summed E-state index contributed by atoms with van der Waals surface area (Å²) in [6.07, 6.45) is 1.61. The lowest BCUT2D eigenvalue weighted by atomic mass is 10.2. The fourth-order valence-corrected chi connectivity index (χ4v) is 4.49. The summed E-state index contributed by atoms with van der Waals surface area (Å²) in [6.45, 7) is 0.331. The van der Waals surface area contributed by atoms with Gasteiger partial charge in [-0.05, 0) is 17.7 Å². The Morgan fingerprint density at radius 1 is 1.19 bits per heavy atom. The fourth-order valence-electron chi connectivity index (χ4n) is 3.03. The van der Waals surface area contributed by atoms with E-state index in [9.17, 15) is 14.4 Å². The number of carbonyl (C=O) groups is 1. The molecule has 0 spiro atoms. The first-order chi connectivity index (χ1) is 14.8. The van der Waals surface area contributed by atoms with Gasteiger partial charge in [0.25, 0.3) is 5.56 Å². The fraction of sp³-hybridized carbons (Fsp3) is 0.211. The molecule has 0 aliphatic rings. The number of hydrogen-bond acceptors (Lipinski definition) is 7. The molecule has 0 fully saturated rings. The molecule has 160 valence electrons. The number of thiazole rings is 1. The zero-order valence-electron chi connectivity index (χ0n) is 16.5. The molecule has 12 heteroatoms. The van der Waals surface area contributed by atoms with E-state index < -0.39 is 11.2 Å². The number of benzene rings is 1. The Morgan fingerprint density at radius 3 is 2.61 bits per heavy atom. The normalized spacial score (nSPS) is 11.2. The number of carbonyl (C=O) groups excluding carboxylic acids is 1. The predicted octanol–water partition coefficient (Wildman–Crippen LogP) is 2.32. The zero-order chi connectivity index (χ0) is 22.1. The zero-order valence-corrected chi connectivity index (χ0v) is 18.9. The summed E-state index contributed by atoms with van der Waals surface area (Å²) in [5.41, 5.74) is 0.548. The van der Waals surface area contributed by atoms with Crippen LogP contribution in [0.15, 0.2) is 50.6 Å². The van der Waals surface area contributed by atoms with Crippen LogP contribution in [0.3, 0.4) is 0 Å². The Labute approximate surface area is 189 Å². The maximum absolute atomic E-state index is 12.9. The van der Waals surface area contributed by atoms with Crippen LogP contribution in [0.4, 0.5) is 5.13 Å². The molecular formula is C19H17ClN6O3S2. The highest BCUT2D eigenvalue weighted by molar-refractivity contribution is 7.99. The van der Waals surface area contributed by atoms with E-state index in [1.165, 1.54) is 34.7 Å². The number of fused-ring (bicyclic) bond motifs is 1. The number of amides is 1. The molecule has 1 aromatic carbocycles. The van der Waals surface area contributed by atoms with Crippen molar-refractivity contribution < 1.29 is 4.79 Å². The number of halogens is 1. The summed E-state index contributed by atoms with van der Waals surface area (Å²) in [5.74, 6) is -0.176. The van der Waals surface area contributed by atoms with Crippen molar-refractivity contribution in [2.75, 3.05) is 11.1 Å². The lowest BCUT2D eigenvalue weighted by Gasteiger charge is -2.10. The monoisotopic (exact) mass is 476 g/mol. The molecule has 3 heterocycles. The number of aryl methyl sites for hydroxylation is 1. The Morgan fingerprint density at radius 2 is 1.94 bits per heavy atom. The third-order valence-electron chi connectivity index (χ3n) is 4.58. The van der Waals surface area contributed by atoms with Crippen LogP contribution in [-0.4, -0.2) is 35.3 Å². The third-order valence-corrected chi connectivity index (χ3v) is 6.49. The average Bonchev–Trinajstić information content (AvgIpc) is 3.39. The summed E-state index contributed by atoms with van der Waals surface area (Å²) in [6, 6.07) is 7.23. The highest BCUT2D eigenvalue weighted by atomic mass is 35.5. The van der Waals surface area contributed by atoms with E-state index in [0.717, 1.165) is 10.1 Å². The van der Waals surface area contributed by atoms with E-state index in [1.54, 1.807) is 35.3 Å². The van der Waals surface area contributed by atoms with Gasteiger partial charge in [-0.25, -0.2) is 14.8 Å². The van der Waals surface area contributed by atoms with Crippen molar-refractivity contribution in [3.05, 3.63) is 67.3 Å². The second-order valence-electron chi connectivity index (χ2n) is 6.66.